The number of hydrogen-bond acceptors (Lipinski definition) is 6. The number of anilines is 1. The van der Waals surface area contributed by atoms with E-state index in [2.05, 4.69) is 24.1 Å². The second kappa shape index (κ2) is 8.66. The van der Waals surface area contributed by atoms with E-state index in [9.17, 15) is 14.9 Å². The van der Waals surface area contributed by atoms with Crippen molar-refractivity contribution in [2.24, 2.45) is 11.1 Å². The zero-order valence-corrected chi connectivity index (χ0v) is 16.3. The number of non-ortho nitro benzene ring substituents is 1. The number of nitrogens with two attached hydrogens (primary N) is 1. The number of amides is 1. The first-order chi connectivity index (χ1) is 11.7. The van der Waals surface area contributed by atoms with Gasteiger partial charge in [-0.1, -0.05) is 13.8 Å². The number of halogens is 1. The lowest BCUT2D eigenvalue weighted by molar-refractivity contribution is -0.384. The Labute approximate surface area is 159 Å². The van der Waals surface area contributed by atoms with Gasteiger partial charge in [0.25, 0.3) is 5.69 Å². The molecule has 1 fully saturated rings. The van der Waals surface area contributed by atoms with Gasteiger partial charge in [0.1, 0.15) is 5.75 Å². The first-order valence-electron chi connectivity index (χ1n) is 8.28. The van der Waals surface area contributed by atoms with E-state index < -0.39 is 4.92 Å². The molecule has 1 heterocycles. The molecule has 8 nitrogen and oxygen atoms in total. The molecule has 2 unspecified atom stereocenters. The number of hydrogen-bond donors (Lipinski definition) is 2. The van der Waals surface area contributed by atoms with Crippen LogP contribution in [0.4, 0.5) is 11.4 Å². The molecule has 3 N–H and O–H groups in total. The number of ether oxygens (including phenoxy) is 1. The third kappa shape index (κ3) is 4.84. The molecule has 0 radical (unpaired) electrons. The van der Waals surface area contributed by atoms with Crippen LogP contribution in [0.3, 0.4) is 0 Å². The SMILES string of the molecule is COc1ccc([N+](=O)[O-])cc1NC(=O)C(C)N1CCC(N)C(C)(C)C1.Cl. The first-order valence-corrected chi connectivity index (χ1v) is 8.28. The number of methoxy groups -OCH3 is 1. The van der Waals surface area contributed by atoms with Crippen molar-refractivity contribution < 1.29 is 14.5 Å². The van der Waals surface area contributed by atoms with Crippen LogP contribution in [0.2, 0.25) is 0 Å². The number of carbonyl (C=O) groups is 1. The molecule has 146 valence electrons. The summed E-state index contributed by atoms with van der Waals surface area (Å²) in [6, 6.07) is 3.85. The number of nitro groups is 1. The molecule has 1 aromatic rings. The molecule has 1 saturated heterocycles. The van der Waals surface area contributed by atoms with Crippen molar-refractivity contribution in [3.05, 3.63) is 28.3 Å². The number of nitrogens with zero attached hydrogens (tertiary/aromatic N) is 2. The molecular weight excluding hydrogens is 360 g/mol. The third-order valence-electron chi connectivity index (χ3n) is 4.92. The summed E-state index contributed by atoms with van der Waals surface area (Å²) in [6.45, 7) is 7.47. The summed E-state index contributed by atoms with van der Waals surface area (Å²) in [5.41, 5.74) is 6.27. The summed E-state index contributed by atoms with van der Waals surface area (Å²) in [6.07, 6.45) is 0.824. The topological polar surface area (TPSA) is 111 Å². The molecule has 1 amide bonds. The number of likely N-dealkylation sites (tertiary alicyclic amines) is 1. The molecule has 1 aromatic carbocycles. The maximum atomic E-state index is 12.6. The predicted octanol–water partition coefficient (Wildman–Crippen LogP) is 2.41. The lowest BCUT2D eigenvalue weighted by Crippen LogP contribution is -2.56. The van der Waals surface area contributed by atoms with Crippen LogP contribution in [-0.4, -0.2) is 48.0 Å². The second-order valence-corrected chi connectivity index (χ2v) is 7.16. The van der Waals surface area contributed by atoms with Crippen molar-refractivity contribution in [2.45, 2.75) is 39.3 Å². The van der Waals surface area contributed by atoms with Gasteiger partial charge in [-0.3, -0.25) is 19.8 Å². The fourth-order valence-corrected chi connectivity index (χ4v) is 3.06. The van der Waals surface area contributed by atoms with Crippen LogP contribution in [0, 0.1) is 15.5 Å². The van der Waals surface area contributed by atoms with E-state index >= 15 is 0 Å². The quantitative estimate of drug-likeness (QED) is 0.593. The van der Waals surface area contributed by atoms with E-state index in [0.29, 0.717) is 11.4 Å². The lowest BCUT2D eigenvalue weighted by Gasteiger charge is -2.44. The van der Waals surface area contributed by atoms with Crippen molar-refractivity contribution in [1.82, 2.24) is 4.90 Å². The Kier molecular flexibility index (Phi) is 7.37. The van der Waals surface area contributed by atoms with Crippen LogP contribution >= 0.6 is 12.4 Å². The van der Waals surface area contributed by atoms with Crippen molar-refractivity contribution in [3.63, 3.8) is 0 Å². The smallest absolute Gasteiger partial charge is 0.271 e. The molecule has 0 aromatic heterocycles. The van der Waals surface area contributed by atoms with Crippen LogP contribution in [0.25, 0.3) is 0 Å². The summed E-state index contributed by atoms with van der Waals surface area (Å²) in [5, 5.41) is 13.7. The highest BCUT2D eigenvalue weighted by Gasteiger charge is 2.36. The molecular formula is C17H27ClN4O4. The van der Waals surface area contributed by atoms with E-state index in [1.165, 1.54) is 25.3 Å². The van der Waals surface area contributed by atoms with Crippen LogP contribution in [0.5, 0.6) is 5.75 Å². The Morgan fingerprint density at radius 3 is 2.69 bits per heavy atom. The zero-order chi connectivity index (χ0) is 18.8. The monoisotopic (exact) mass is 386 g/mol. The van der Waals surface area contributed by atoms with Gasteiger partial charge in [0.2, 0.25) is 5.91 Å². The van der Waals surface area contributed by atoms with Crippen LogP contribution < -0.4 is 15.8 Å². The molecule has 1 aliphatic heterocycles. The minimum Gasteiger partial charge on any atom is -0.495 e. The van der Waals surface area contributed by atoms with Gasteiger partial charge in [-0.2, -0.15) is 0 Å². The molecule has 0 spiro atoms. The van der Waals surface area contributed by atoms with Crippen molar-refractivity contribution in [1.29, 1.82) is 0 Å². The van der Waals surface area contributed by atoms with Crippen LogP contribution in [-0.2, 0) is 4.79 Å². The molecule has 0 saturated carbocycles. The molecule has 0 aliphatic carbocycles. The Morgan fingerprint density at radius 1 is 1.50 bits per heavy atom. The van der Waals surface area contributed by atoms with Crippen molar-refractivity contribution >= 4 is 29.7 Å². The summed E-state index contributed by atoms with van der Waals surface area (Å²) < 4.78 is 5.19. The highest BCUT2D eigenvalue weighted by Crippen LogP contribution is 2.31. The molecule has 26 heavy (non-hydrogen) atoms. The maximum absolute atomic E-state index is 12.6. The van der Waals surface area contributed by atoms with Gasteiger partial charge in [-0.25, -0.2) is 0 Å². The van der Waals surface area contributed by atoms with Crippen LogP contribution in [0.1, 0.15) is 27.2 Å². The second-order valence-electron chi connectivity index (χ2n) is 7.16. The third-order valence-corrected chi connectivity index (χ3v) is 4.92. The molecule has 9 heteroatoms. The van der Waals surface area contributed by atoms with E-state index in [1.54, 1.807) is 0 Å². The number of piperidine rings is 1. The van der Waals surface area contributed by atoms with E-state index in [0.717, 1.165) is 19.5 Å². The summed E-state index contributed by atoms with van der Waals surface area (Å²) in [7, 11) is 1.45. The summed E-state index contributed by atoms with van der Waals surface area (Å²) in [5.74, 6) is 0.150. The maximum Gasteiger partial charge on any atom is 0.271 e. The normalized spacial score (nSPS) is 20.6. The largest absolute Gasteiger partial charge is 0.495 e. The number of nitrogens with one attached hydrogen (secondary N) is 1. The standard InChI is InChI=1S/C17H26N4O4.ClH/c1-11(20-8-7-15(18)17(2,3)10-20)16(22)19-13-9-12(21(23)24)5-6-14(13)25-4;/h5-6,9,11,15H,7-8,10,18H2,1-4H3,(H,19,22);1H. The van der Waals surface area contributed by atoms with Gasteiger partial charge in [-0.15, -0.1) is 12.4 Å². The fourth-order valence-electron chi connectivity index (χ4n) is 3.06. The van der Waals surface area contributed by atoms with Gasteiger partial charge in [0.15, 0.2) is 0 Å². The van der Waals surface area contributed by atoms with Gasteiger partial charge in [-0.05, 0) is 24.8 Å². The number of carbonyl (C=O) groups excluding carboxylic acids is 1. The molecule has 0 bridgehead atoms. The Morgan fingerprint density at radius 2 is 2.15 bits per heavy atom. The number of nitro benzene ring substituents is 1. The van der Waals surface area contributed by atoms with E-state index in [1.807, 2.05) is 6.92 Å². The zero-order valence-electron chi connectivity index (χ0n) is 15.5. The minimum absolute atomic E-state index is 0. The van der Waals surface area contributed by atoms with Gasteiger partial charge in [0.05, 0.1) is 23.8 Å². The number of rotatable bonds is 5. The van der Waals surface area contributed by atoms with Crippen molar-refractivity contribution in [3.8, 4) is 5.75 Å². The van der Waals surface area contributed by atoms with Gasteiger partial charge >= 0.3 is 0 Å². The first kappa shape index (κ1) is 22.1. The van der Waals surface area contributed by atoms with Gasteiger partial charge in [0, 0.05) is 31.3 Å². The van der Waals surface area contributed by atoms with Crippen LogP contribution in [0.15, 0.2) is 18.2 Å². The summed E-state index contributed by atoms with van der Waals surface area (Å²) in [4.78, 5) is 25.2. The van der Waals surface area contributed by atoms with E-state index in [4.69, 9.17) is 10.5 Å². The molecule has 2 rings (SSSR count). The average Bonchev–Trinajstić information content (AvgIpc) is 2.56. The summed E-state index contributed by atoms with van der Waals surface area (Å²) >= 11 is 0. The highest BCUT2D eigenvalue weighted by molar-refractivity contribution is 5.96. The fraction of sp³-hybridized carbons (Fsp3) is 0.588. The molecule has 2 atom stereocenters. The van der Waals surface area contributed by atoms with E-state index in [-0.39, 0.29) is 41.5 Å². The van der Waals surface area contributed by atoms with Crippen molar-refractivity contribution in [2.75, 3.05) is 25.5 Å². The minimum atomic E-state index is -0.507. The Bertz CT molecular complexity index is 668. The number of benzene rings is 1. The predicted molar refractivity (Wildman–Crippen MR) is 103 cm³/mol. The molecule has 1 aliphatic rings. The average molecular weight is 387 g/mol. The van der Waals surface area contributed by atoms with Gasteiger partial charge < -0.3 is 15.8 Å². The Hall–Kier alpha value is -1.90. The highest BCUT2D eigenvalue weighted by atomic mass is 35.5. The Balaban J connectivity index is 0.00000338. The lowest BCUT2D eigenvalue weighted by atomic mass is 9.79.